The molecule has 4 heteroatoms. The summed E-state index contributed by atoms with van der Waals surface area (Å²) in [5.41, 5.74) is 2.33. The molecule has 0 radical (unpaired) electrons. The lowest BCUT2D eigenvalue weighted by Crippen LogP contribution is -1.96. The van der Waals surface area contributed by atoms with Crippen molar-refractivity contribution in [2.24, 2.45) is 0 Å². The number of hydrogen-bond acceptors (Lipinski definition) is 2. The highest BCUT2D eigenvalue weighted by Gasteiger charge is 2.11. The van der Waals surface area contributed by atoms with Crippen molar-refractivity contribution in [2.75, 3.05) is 0 Å². The van der Waals surface area contributed by atoms with Gasteiger partial charge >= 0.3 is 0 Å². The zero-order chi connectivity index (χ0) is 12.5. The first-order valence-corrected chi connectivity index (χ1v) is 5.43. The highest BCUT2D eigenvalue weighted by Crippen LogP contribution is 2.26. The molecule has 0 unspecified atom stereocenters. The van der Waals surface area contributed by atoms with E-state index in [4.69, 9.17) is 0 Å². The van der Waals surface area contributed by atoms with Crippen molar-refractivity contribution in [3.05, 3.63) is 60.4 Å². The van der Waals surface area contributed by atoms with Crippen molar-refractivity contribution in [3.8, 4) is 11.1 Å². The Labute approximate surface area is 102 Å². The highest BCUT2D eigenvalue weighted by atomic mass is 19.2. The lowest BCUT2D eigenvalue weighted by Gasteiger charge is -2.05. The molecule has 0 bridgehead atoms. The molecule has 2 nitrogen and oxygen atoms in total. The number of benzene rings is 2. The van der Waals surface area contributed by atoms with Crippen LogP contribution < -0.4 is 0 Å². The predicted molar refractivity (Wildman–Crippen MR) is 64.9 cm³/mol. The van der Waals surface area contributed by atoms with Crippen LogP contribution in [0.3, 0.4) is 0 Å². The molecule has 0 saturated carbocycles. The summed E-state index contributed by atoms with van der Waals surface area (Å²) in [5.74, 6) is -2.35. The van der Waals surface area contributed by atoms with E-state index in [2.05, 4.69) is 9.97 Å². The average Bonchev–Trinajstić information content (AvgIpc) is 2.40. The molecule has 0 spiro atoms. The minimum absolute atomic E-state index is 0.343. The molecule has 1 heterocycles. The second kappa shape index (κ2) is 4.14. The zero-order valence-corrected chi connectivity index (χ0v) is 9.27. The van der Waals surface area contributed by atoms with Crippen LogP contribution in [0.2, 0.25) is 0 Å². The molecule has 2 aromatic carbocycles. The minimum atomic E-state index is -1.18. The van der Waals surface area contributed by atoms with Crippen LogP contribution in [-0.4, -0.2) is 9.97 Å². The number of halogens is 2. The molecule has 1 aromatic heterocycles. The Morgan fingerprint density at radius 1 is 0.722 bits per heavy atom. The van der Waals surface area contributed by atoms with Crippen molar-refractivity contribution in [1.29, 1.82) is 0 Å². The molecular weight excluding hydrogens is 234 g/mol. The van der Waals surface area contributed by atoms with Crippen LogP contribution in [0.1, 0.15) is 0 Å². The van der Waals surface area contributed by atoms with Crippen LogP contribution in [0, 0.1) is 11.9 Å². The molecule has 0 aliphatic carbocycles. The van der Waals surface area contributed by atoms with E-state index in [1.54, 1.807) is 12.1 Å². The van der Waals surface area contributed by atoms with Crippen molar-refractivity contribution in [3.63, 3.8) is 0 Å². The molecule has 0 aliphatic rings. The first-order valence-electron chi connectivity index (χ1n) is 5.43. The fourth-order valence-electron chi connectivity index (χ4n) is 1.89. The monoisotopic (exact) mass is 242 g/mol. The van der Waals surface area contributed by atoms with Gasteiger partial charge in [-0.25, -0.2) is 9.97 Å². The number of para-hydroxylation sites is 1. The van der Waals surface area contributed by atoms with Gasteiger partial charge in [-0.15, -0.1) is 0 Å². The third-order valence-corrected chi connectivity index (χ3v) is 2.70. The fraction of sp³-hybridized carbons (Fsp3) is 0. The van der Waals surface area contributed by atoms with E-state index in [9.17, 15) is 8.78 Å². The quantitative estimate of drug-likeness (QED) is 0.651. The van der Waals surface area contributed by atoms with Crippen LogP contribution in [0.5, 0.6) is 0 Å². The summed E-state index contributed by atoms with van der Waals surface area (Å²) in [6, 6.07) is 14.6. The topological polar surface area (TPSA) is 25.8 Å². The van der Waals surface area contributed by atoms with E-state index in [0.29, 0.717) is 11.0 Å². The number of hydrogen-bond donors (Lipinski definition) is 0. The van der Waals surface area contributed by atoms with E-state index >= 15 is 0 Å². The maximum absolute atomic E-state index is 13.2. The smallest absolute Gasteiger partial charge is 0.214 e. The third kappa shape index (κ3) is 1.72. The summed E-state index contributed by atoms with van der Waals surface area (Å²) in [7, 11) is 0. The first-order chi connectivity index (χ1) is 8.75. The Morgan fingerprint density at radius 2 is 1.44 bits per heavy atom. The van der Waals surface area contributed by atoms with Gasteiger partial charge < -0.3 is 0 Å². The zero-order valence-electron chi connectivity index (χ0n) is 9.27. The number of fused-ring (bicyclic) bond motifs is 1. The van der Waals surface area contributed by atoms with Gasteiger partial charge in [0, 0.05) is 5.56 Å². The van der Waals surface area contributed by atoms with Gasteiger partial charge in [0.15, 0.2) is 0 Å². The summed E-state index contributed by atoms with van der Waals surface area (Å²) in [4.78, 5) is 7.20. The summed E-state index contributed by atoms with van der Waals surface area (Å²) in [5, 5.41) is 0. The van der Waals surface area contributed by atoms with Gasteiger partial charge in [-0.05, 0) is 11.6 Å². The van der Waals surface area contributed by atoms with E-state index in [0.717, 1.165) is 11.1 Å². The Kier molecular flexibility index (Phi) is 2.48. The van der Waals surface area contributed by atoms with Gasteiger partial charge in [-0.1, -0.05) is 42.5 Å². The molecule has 18 heavy (non-hydrogen) atoms. The summed E-state index contributed by atoms with van der Waals surface area (Å²) in [6.07, 6.45) is 0. The molecular formula is C14H8F2N2. The SMILES string of the molecule is Fc1nc2cccc(-c3ccccc3)c2nc1F. The van der Waals surface area contributed by atoms with Gasteiger partial charge in [0.05, 0.1) is 11.0 Å². The van der Waals surface area contributed by atoms with Crippen molar-refractivity contribution < 1.29 is 8.78 Å². The first kappa shape index (κ1) is 10.8. The number of aromatic nitrogens is 2. The summed E-state index contributed by atoms with van der Waals surface area (Å²) in [6.45, 7) is 0. The molecule has 0 N–H and O–H groups in total. The standard InChI is InChI=1S/C14H8F2N2/c15-13-14(16)18-12-10(7-4-8-11(12)17-13)9-5-2-1-3-6-9/h1-8H. The number of rotatable bonds is 1. The van der Waals surface area contributed by atoms with E-state index in [-0.39, 0.29) is 0 Å². The fourth-order valence-corrected chi connectivity index (χ4v) is 1.89. The molecule has 0 fully saturated rings. The van der Waals surface area contributed by atoms with Gasteiger partial charge in [-0.3, -0.25) is 0 Å². The van der Waals surface area contributed by atoms with Crippen LogP contribution in [0.25, 0.3) is 22.2 Å². The molecule has 0 saturated heterocycles. The second-order valence-electron chi connectivity index (χ2n) is 3.84. The predicted octanol–water partition coefficient (Wildman–Crippen LogP) is 3.58. The Hall–Kier alpha value is -2.36. The van der Waals surface area contributed by atoms with Crippen molar-refractivity contribution >= 4 is 11.0 Å². The van der Waals surface area contributed by atoms with Crippen LogP contribution >= 0.6 is 0 Å². The second-order valence-corrected chi connectivity index (χ2v) is 3.84. The molecule has 0 aliphatic heterocycles. The lowest BCUT2D eigenvalue weighted by molar-refractivity contribution is 0.459. The maximum atomic E-state index is 13.2. The third-order valence-electron chi connectivity index (χ3n) is 2.70. The average molecular weight is 242 g/mol. The Morgan fingerprint density at radius 3 is 2.22 bits per heavy atom. The largest absolute Gasteiger partial charge is 0.269 e. The van der Waals surface area contributed by atoms with Gasteiger partial charge in [-0.2, -0.15) is 8.78 Å². The maximum Gasteiger partial charge on any atom is 0.269 e. The summed E-state index contributed by atoms with van der Waals surface area (Å²) >= 11 is 0. The Balaban J connectivity index is 2.34. The highest BCUT2D eigenvalue weighted by molar-refractivity contribution is 5.91. The Bertz CT molecular complexity index is 712. The van der Waals surface area contributed by atoms with Gasteiger partial charge in [0.2, 0.25) is 0 Å². The van der Waals surface area contributed by atoms with Crippen LogP contribution in [0.4, 0.5) is 8.78 Å². The molecule has 0 atom stereocenters. The molecule has 3 rings (SSSR count). The molecule has 88 valence electrons. The molecule has 0 amide bonds. The lowest BCUT2D eigenvalue weighted by atomic mass is 10.0. The van der Waals surface area contributed by atoms with E-state index < -0.39 is 11.9 Å². The minimum Gasteiger partial charge on any atom is -0.214 e. The number of nitrogens with zero attached hydrogens (tertiary/aromatic N) is 2. The van der Waals surface area contributed by atoms with E-state index in [1.165, 1.54) is 0 Å². The van der Waals surface area contributed by atoms with Gasteiger partial charge in [0.25, 0.3) is 11.9 Å². The van der Waals surface area contributed by atoms with Crippen LogP contribution in [-0.2, 0) is 0 Å². The molecule has 3 aromatic rings. The van der Waals surface area contributed by atoms with Gasteiger partial charge in [0.1, 0.15) is 0 Å². The van der Waals surface area contributed by atoms with Crippen molar-refractivity contribution in [1.82, 2.24) is 9.97 Å². The summed E-state index contributed by atoms with van der Waals surface area (Å²) < 4.78 is 26.2. The van der Waals surface area contributed by atoms with Crippen LogP contribution in [0.15, 0.2) is 48.5 Å². The van der Waals surface area contributed by atoms with E-state index in [1.807, 2.05) is 36.4 Å². The normalized spacial score (nSPS) is 10.8. The van der Waals surface area contributed by atoms with Crippen molar-refractivity contribution in [2.45, 2.75) is 0 Å².